The molecular formula is C28H29N2P. The molecule has 0 aliphatic heterocycles. The molecule has 1 unspecified atom stereocenters. The van der Waals surface area contributed by atoms with Crippen LogP contribution in [0.25, 0.3) is 0 Å². The van der Waals surface area contributed by atoms with Crippen molar-refractivity contribution in [1.82, 2.24) is 0 Å². The van der Waals surface area contributed by atoms with Crippen molar-refractivity contribution in [3.63, 3.8) is 0 Å². The van der Waals surface area contributed by atoms with E-state index in [0.717, 1.165) is 0 Å². The lowest BCUT2D eigenvalue weighted by Gasteiger charge is -2.32. The van der Waals surface area contributed by atoms with E-state index in [4.69, 9.17) is 0 Å². The van der Waals surface area contributed by atoms with Gasteiger partial charge >= 0.3 is 0 Å². The van der Waals surface area contributed by atoms with Gasteiger partial charge in [-0.05, 0) is 50.4 Å². The van der Waals surface area contributed by atoms with Gasteiger partial charge in [-0.15, -0.1) is 0 Å². The van der Waals surface area contributed by atoms with E-state index in [9.17, 15) is 0 Å². The van der Waals surface area contributed by atoms with E-state index in [2.05, 4.69) is 118 Å². The highest BCUT2D eigenvalue weighted by Gasteiger charge is 2.29. The second kappa shape index (κ2) is 9.37. The van der Waals surface area contributed by atoms with E-state index in [1.165, 1.54) is 38.7 Å². The number of aromatic nitrogens is 1. The van der Waals surface area contributed by atoms with Crippen LogP contribution in [0, 0.1) is 27.8 Å². The molecule has 0 saturated heterocycles. The Bertz CT molecular complexity index is 1090. The van der Waals surface area contributed by atoms with Crippen LogP contribution >= 0.6 is 7.92 Å². The minimum atomic E-state index is -0.735. The lowest BCUT2D eigenvalue weighted by atomic mass is 10.1. The van der Waals surface area contributed by atoms with E-state index in [0.29, 0.717) is 0 Å². The molecule has 1 heterocycles. The SMILES string of the molecule is [CH2-][n+]1ccccc1C(Nc1c(C)cc(C)cc1C)P(c1ccccc1)c1ccccc1. The lowest BCUT2D eigenvalue weighted by molar-refractivity contribution is -0.620. The van der Waals surface area contributed by atoms with E-state index in [1.54, 1.807) is 0 Å². The number of rotatable bonds is 6. The average molecular weight is 425 g/mol. The van der Waals surface area contributed by atoms with Crippen LogP contribution in [0.5, 0.6) is 0 Å². The van der Waals surface area contributed by atoms with Gasteiger partial charge in [-0.3, -0.25) is 0 Å². The highest BCUT2D eigenvalue weighted by molar-refractivity contribution is 7.73. The number of anilines is 1. The summed E-state index contributed by atoms with van der Waals surface area (Å²) in [6, 6.07) is 32.5. The predicted molar refractivity (Wildman–Crippen MR) is 133 cm³/mol. The van der Waals surface area contributed by atoms with E-state index in [1.807, 2.05) is 16.8 Å². The number of hydrogen-bond donors (Lipinski definition) is 1. The maximum atomic E-state index is 4.30. The first kappa shape index (κ1) is 21.2. The summed E-state index contributed by atoms with van der Waals surface area (Å²) < 4.78 is 2.00. The minimum Gasteiger partial charge on any atom is -0.378 e. The second-order valence-electron chi connectivity index (χ2n) is 7.96. The second-order valence-corrected chi connectivity index (χ2v) is 10.2. The predicted octanol–water partition coefficient (Wildman–Crippen LogP) is 5.78. The molecule has 0 aliphatic rings. The number of hydrogen-bond acceptors (Lipinski definition) is 1. The smallest absolute Gasteiger partial charge is 0.109 e. The summed E-state index contributed by atoms with van der Waals surface area (Å²) in [5, 5.41) is 6.65. The van der Waals surface area contributed by atoms with Gasteiger partial charge in [-0.25, -0.2) is 0 Å². The highest BCUT2D eigenvalue weighted by atomic mass is 31.1. The van der Waals surface area contributed by atoms with E-state index < -0.39 is 7.92 Å². The molecule has 2 nitrogen and oxygen atoms in total. The summed E-state index contributed by atoms with van der Waals surface area (Å²) in [5.41, 5.74) is 6.20. The first-order valence-electron chi connectivity index (χ1n) is 10.6. The maximum absolute atomic E-state index is 4.30. The molecule has 0 spiro atoms. The first-order chi connectivity index (χ1) is 15.0. The Morgan fingerprint density at radius 3 is 1.77 bits per heavy atom. The summed E-state index contributed by atoms with van der Waals surface area (Å²) in [7, 11) is 3.56. The first-order valence-corrected chi connectivity index (χ1v) is 12.0. The Balaban J connectivity index is 1.91. The molecule has 1 atom stereocenters. The van der Waals surface area contributed by atoms with E-state index >= 15 is 0 Å². The van der Waals surface area contributed by atoms with Gasteiger partial charge in [0, 0.05) is 12.7 Å². The third-order valence-corrected chi connectivity index (χ3v) is 8.16. The third-order valence-electron chi connectivity index (χ3n) is 5.54. The number of benzene rings is 3. The molecular weight excluding hydrogens is 395 g/mol. The fraction of sp³-hybridized carbons (Fsp3) is 0.143. The van der Waals surface area contributed by atoms with Crippen LogP contribution in [-0.2, 0) is 0 Å². The van der Waals surface area contributed by atoms with Gasteiger partial charge in [0.25, 0.3) is 0 Å². The van der Waals surface area contributed by atoms with Gasteiger partial charge in [-0.1, -0.05) is 96.6 Å². The van der Waals surface area contributed by atoms with Gasteiger partial charge < -0.3 is 9.88 Å². The molecule has 1 N–H and O–H groups in total. The van der Waals surface area contributed by atoms with Crippen LogP contribution in [0.3, 0.4) is 0 Å². The van der Waals surface area contributed by atoms with Crippen LogP contribution in [-0.4, -0.2) is 0 Å². The quantitative estimate of drug-likeness (QED) is 0.236. The standard InChI is InChI=1S/C28H29N2P/c1-21-19-22(2)27(23(3)20-21)29-28(26-17-11-12-18-30(26)4)31(24-13-7-5-8-14-24)25-15-9-6-10-16-25/h5-20,28-29H,4H2,1-3H3. The fourth-order valence-corrected chi connectivity index (χ4v) is 6.82. The Hall–Kier alpha value is -3.09. The normalized spacial score (nSPS) is 12.0. The summed E-state index contributed by atoms with van der Waals surface area (Å²) >= 11 is 0. The molecule has 0 radical (unpaired) electrons. The van der Waals surface area contributed by atoms with Crippen LogP contribution in [0.2, 0.25) is 0 Å². The van der Waals surface area contributed by atoms with Gasteiger partial charge in [0.15, 0.2) is 0 Å². The molecule has 156 valence electrons. The van der Waals surface area contributed by atoms with Crippen molar-refractivity contribution in [2.24, 2.45) is 0 Å². The monoisotopic (exact) mass is 424 g/mol. The van der Waals surface area contributed by atoms with Crippen LogP contribution in [0.4, 0.5) is 5.69 Å². The molecule has 4 rings (SSSR count). The van der Waals surface area contributed by atoms with Crippen molar-refractivity contribution in [1.29, 1.82) is 0 Å². The molecule has 0 amide bonds. The molecule has 0 saturated carbocycles. The van der Waals surface area contributed by atoms with Crippen molar-refractivity contribution in [3.8, 4) is 0 Å². The van der Waals surface area contributed by atoms with Crippen molar-refractivity contribution in [2.75, 3.05) is 5.32 Å². The largest absolute Gasteiger partial charge is 0.378 e. The molecule has 0 bridgehead atoms. The lowest BCUT2D eigenvalue weighted by Crippen LogP contribution is -2.36. The molecule has 0 fully saturated rings. The maximum Gasteiger partial charge on any atom is 0.109 e. The number of nitrogens with zero attached hydrogens (tertiary/aromatic N) is 1. The average Bonchev–Trinajstić information content (AvgIpc) is 2.77. The number of pyridine rings is 1. The molecule has 1 aromatic heterocycles. The highest BCUT2D eigenvalue weighted by Crippen LogP contribution is 2.49. The van der Waals surface area contributed by atoms with Crippen molar-refractivity contribution < 1.29 is 4.57 Å². The summed E-state index contributed by atoms with van der Waals surface area (Å²) in [4.78, 5) is 0. The molecule has 3 aromatic carbocycles. The summed E-state index contributed by atoms with van der Waals surface area (Å²) in [6.07, 6.45) is 2.03. The third kappa shape index (κ3) is 4.65. The molecule has 0 aliphatic carbocycles. The van der Waals surface area contributed by atoms with Crippen LogP contribution in [0.1, 0.15) is 28.2 Å². The minimum absolute atomic E-state index is 0.0682. The van der Waals surface area contributed by atoms with Gasteiger partial charge in [0.05, 0.1) is 12.0 Å². The number of aryl methyl sites for hydroxylation is 3. The van der Waals surface area contributed by atoms with Crippen LogP contribution < -0.4 is 20.5 Å². The van der Waals surface area contributed by atoms with Crippen molar-refractivity contribution in [3.05, 3.63) is 127 Å². The van der Waals surface area contributed by atoms with Gasteiger partial charge in [-0.2, -0.15) is 0 Å². The molecule has 3 heteroatoms. The summed E-state index contributed by atoms with van der Waals surface area (Å²) in [6.45, 7) is 6.54. The van der Waals surface area contributed by atoms with E-state index in [-0.39, 0.29) is 5.78 Å². The van der Waals surface area contributed by atoms with Gasteiger partial charge in [0.1, 0.15) is 5.69 Å². The molecule has 31 heavy (non-hydrogen) atoms. The Kier molecular flexibility index (Phi) is 6.39. The Labute approximate surface area is 187 Å². The topological polar surface area (TPSA) is 15.9 Å². The van der Waals surface area contributed by atoms with Crippen molar-refractivity contribution in [2.45, 2.75) is 26.6 Å². The fourth-order valence-electron chi connectivity index (χ4n) is 4.18. The zero-order valence-electron chi connectivity index (χ0n) is 18.4. The zero-order valence-corrected chi connectivity index (χ0v) is 19.3. The Morgan fingerprint density at radius 2 is 1.26 bits per heavy atom. The van der Waals surface area contributed by atoms with Gasteiger partial charge in [0.2, 0.25) is 0 Å². The number of nitrogens with one attached hydrogen (secondary N) is 1. The molecule has 4 aromatic rings. The van der Waals surface area contributed by atoms with Crippen molar-refractivity contribution >= 4 is 24.2 Å². The Morgan fingerprint density at radius 1 is 0.742 bits per heavy atom. The summed E-state index contributed by atoms with van der Waals surface area (Å²) in [5.74, 6) is 0.0682. The zero-order chi connectivity index (χ0) is 21.8. The van der Waals surface area contributed by atoms with Crippen LogP contribution in [0.15, 0.2) is 97.2 Å².